The van der Waals surface area contributed by atoms with Gasteiger partial charge in [0.2, 0.25) is 0 Å². The Labute approximate surface area is 119 Å². The molecule has 1 saturated carbocycles. The van der Waals surface area contributed by atoms with Gasteiger partial charge < -0.3 is 5.32 Å². The molecule has 0 aromatic heterocycles. The van der Waals surface area contributed by atoms with Gasteiger partial charge in [-0.25, -0.2) is 0 Å². The number of hydrogen-bond donors (Lipinski definition) is 1. The normalized spacial score (nSPS) is 23.6. The van der Waals surface area contributed by atoms with Gasteiger partial charge in [0.15, 0.2) is 0 Å². The van der Waals surface area contributed by atoms with Gasteiger partial charge >= 0.3 is 6.18 Å². The second kappa shape index (κ2) is 5.73. The summed E-state index contributed by atoms with van der Waals surface area (Å²) in [4.78, 5) is 0. The van der Waals surface area contributed by atoms with E-state index in [0.717, 1.165) is 24.4 Å². The summed E-state index contributed by atoms with van der Waals surface area (Å²) in [5, 5.41) is 3.25. The highest BCUT2D eigenvalue weighted by atomic mass is 79.9. The summed E-state index contributed by atoms with van der Waals surface area (Å²) in [6.45, 7) is 3.06. The third kappa shape index (κ3) is 3.65. The van der Waals surface area contributed by atoms with Crippen molar-refractivity contribution in [1.82, 2.24) is 0 Å². The van der Waals surface area contributed by atoms with E-state index in [1.54, 1.807) is 0 Å². The van der Waals surface area contributed by atoms with Gasteiger partial charge in [-0.2, -0.15) is 13.2 Å². The maximum Gasteiger partial charge on any atom is 0.416 e. The van der Waals surface area contributed by atoms with E-state index in [0.29, 0.717) is 16.3 Å². The number of halogens is 4. The molecule has 1 nitrogen and oxygen atoms in total. The average molecular weight is 336 g/mol. The largest absolute Gasteiger partial charge is 0.416 e. The van der Waals surface area contributed by atoms with Gasteiger partial charge in [0.1, 0.15) is 0 Å². The first kappa shape index (κ1) is 14.7. The van der Waals surface area contributed by atoms with Crippen LogP contribution in [0.4, 0.5) is 18.9 Å². The van der Waals surface area contributed by atoms with Crippen LogP contribution in [0.2, 0.25) is 0 Å². The predicted octanol–water partition coefficient (Wildman–Crippen LogP) is 5.32. The summed E-state index contributed by atoms with van der Waals surface area (Å²) < 4.78 is 38.1. The van der Waals surface area contributed by atoms with Crippen molar-refractivity contribution in [2.24, 2.45) is 11.8 Å². The number of benzene rings is 1. The quantitative estimate of drug-likeness (QED) is 0.788. The van der Waals surface area contributed by atoms with Crippen molar-refractivity contribution in [2.45, 2.75) is 32.4 Å². The van der Waals surface area contributed by atoms with Gasteiger partial charge in [0.25, 0.3) is 0 Å². The van der Waals surface area contributed by atoms with Crippen LogP contribution in [0, 0.1) is 11.8 Å². The molecule has 1 aromatic rings. The Kier molecular flexibility index (Phi) is 4.43. The fourth-order valence-electron chi connectivity index (χ4n) is 2.60. The van der Waals surface area contributed by atoms with Crippen LogP contribution in [0.3, 0.4) is 0 Å². The molecular weight excluding hydrogens is 319 g/mol. The molecule has 0 spiro atoms. The van der Waals surface area contributed by atoms with Crippen molar-refractivity contribution in [2.75, 3.05) is 11.9 Å². The van der Waals surface area contributed by atoms with Crippen LogP contribution in [-0.4, -0.2) is 6.54 Å². The van der Waals surface area contributed by atoms with Gasteiger partial charge in [0, 0.05) is 16.7 Å². The van der Waals surface area contributed by atoms with Gasteiger partial charge in [-0.05, 0) is 52.4 Å². The van der Waals surface area contributed by atoms with Gasteiger partial charge in [0.05, 0.1) is 5.56 Å². The smallest absolute Gasteiger partial charge is 0.384 e. The minimum Gasteiger partial charge on any atom is -0.384 e. The highest BCUT2D eigenvalue weighted by Crippen LogP contribution is 2.35. The molecule has 1 aliphatic carbocycles. The van der Waals surface area contributed by atoms with Crippen molar-refractivity contribution >= 4 is 21.6 Å². The molecule has 106 valence electrons. The first-order chi connectivity index (χ1) is 8.88. The molecular formula is C14H17BrF3N. The lowest BCUT2D eigenvalue weighted by Crippen LogP contribution is -2.16. The Morgan fingerprint density at radius 3 is 2.58 bits per heavy atom. The molecule has 1 aromatic carbocycles. The van der Waals surface area contributed by atoms with Crippen LogP contribution < -0.4 is 5.32 Å². The van der Waals surface area contributed by atoms with Crippen molar-refractivity contribution in [3.8, 4) is 0 Å². The molecule has 2 atom stereocenters. The van der Waals surface area contributed by atoms with Crippen LogP contribution in [0.5, 0.6) is 0 Å². The number of hydrogen-bond acceptors (Lipinski definition) is 1. The summed E-state index contributed by atoms with van der Waals surface area (Å²) in [6.07, 6.45) is -0.588. The first-order valence-electron chi connectivity index (χ1n) is 6.48. The highest BCUT2D eigenvalue weighted by molar-refractivity contribution is 9.10. The molecule has 2 unspecified atom stereocenters. The van der Waals surface area contributed by atoms with E-state index in [4.69, 9.17) is 0 Å². The fourth-order valence-corrected chi connectivity index (χ4v) is 3.12. The second-order valence-electron chi connectivity index (χ2n) is 5.24. The SMILES string of the molecule is CC1CCCC1CNc1ccc(C(F)(F)F)cc1Br. The average Bonchev–Trinajstić information content (AvgIpc) is 2.72. The van der Waals surface area contributed by atoms with Crippen molar-refractivity contribution in [3.05, 3.63) is 28.2 Å². The molecule has 0 radical (unpaired) electrons. The maximum atomic E-state index is 12.5. The minimum atomic E-state index is -4.29. The van der Waals surface area contributed by atoms with Crippen LogP contribution in [0.25, 0.3) is 0 Å². The van der Waals surface area contributed by atoms with Crippen molar-refractivity contribution in [1.29, 1.82) is 0 Å². The molecule has 1 fully saturated rings. The molecule has 0 bridgehead atoms. The lowest BCUT2D eigenvalue weighted by Gasteiger charge is -2.18. The van der Waals surface area contributed by atoms with Gasteiger partial charge in [-0.1, -0.05) is 19.8 Å². The van der Waals surface area contributed by atoms with E-state index < -0.39 is 11.7 Å². The van der Waals surface area contributed by atoms with Crippen LogP contribution in [0.1, 0.15) is 31.7 Å². The zero-order valence-corrected chi connectivity index (χ0v) is 12.3. The molecule has 1 aliphatic rings. The predicted molar refractivity (Wildman–Crippen MR) is 74.1 cm³/mol. The number of anilines is 1. The first-order valence-corrected chi connectivity index (χ1v) is 7.28. The van der Waals surface area contributed by atoms with E-state index in [-0.39, 0.29) is 0 Å². The molecule has 2 rings (SSSR count). The third-order valence-electron chi connectivity index (χ3n) is 3.89. The Morgan fingerprint density at radius 2 is 2.05 bits per heavy atom. The van der Waals surface area contributed by atoms with Gasteiger partial charge in [-0.15, -0.1) is 0 Å². The monoisotopic (exact) mass is 335 g/mol. The topological polar surface area (TPSA) is 12.0 Å². The lowest BCUT2D eigenvalue weighted by molar-refractivity contribution is -0.137. The summed E-state index contributed by atoms with van der Waals surface area (Å²) in [6, 6.07) is 3.73. The molecule has 19 heavy (non-hydrogen) atoms. The highest BCUT2D eigenvalue weighted by Gasteiger charge is 2.31. The van der Waals surface area contributed by atoms with E-state index >= 15 is 0 Å². The molecule has 1 N–H and O–H groups in total. The minimum absolute atomic E-state index is 0.466. The molecule has 5 heteroatoms. The van der Waals surface area contributed by atoms with Gasteiger partial charge in [-0.3, -0.25) is 0 Å². The Balaban J connectivity index is 2.01. The summed E-state index contributed by atoms with van der Waals surface area (Å²) in [7, 11) is 0. The summed E-state index contributed by atoms with van der Waals surface area (Å²) in [5.41, 5.74) is 0.103. The standard InChI is InChI=1S/C14H17BrF3N/c1-9-3-2-4-10(9)8-19-13-6-5-11(7-12(13)15)14(16,17)18/h5-7,9-10,19H,2-4,8H2,1H3. The van der Waals surface area contributed by atoms with E-state index in [9.17, 15) is 13.2 Å². The number of nitrogens with one attached hydrogen (secondary N) is 1. The Hall–Kier alpha value is -0.710. The van der Waals surface area contributed by atoms with Crippen LogP contribution >= 0.6 is 15.9 Å². The summed E-state index contributed by atoms with van der Waals surface area (Å²) >= 11 is 3.20. The number of alkyl halides is 3. The Morgan fingerprint density at radius 1 is 1.32 bits per heavy atom. The molecule has 0 heterocycles. The Bertz CT molecular complexity index is 445. The zero-order chi connectivity index (χ0) is 14.0. The van der Waals surface area contributed by atoms with Crippen LogP contribution in [-0.2, 0) is 6.18 Å². The number of rotatable bonds is 3. The lowest BCUT2D eigenvalue weighted by atomic mass is 9.98. The van der Waals surface area contributed by atoms with Crippen LogP contribution in [0.15, 0.2) is 22.7 Å². The zero-order valence-electron chi connectivity index (χ0n) is 10.7. The van der Waals surface area contributed by atoms with E-state index in [1.165, 1.54) is 25.3 Å². The maximum absolute atomic E-state index is 12.5. The van der Waals surface area contributed by atoms with Crippen molar-refractivity contribution < 1.29 is 13.2 Å². The molecule has 0 amide bonds. The summed E-state index contributed by atoms with van der Waals surface area (Å²) in [5.74, 6) is 1.31. The van der Waals surface area contributed by atoms with Crippen molar-refractivity contribution in [3.63, 3.8) is 0 Å². The molecule has 0 saturated heterocycles. The third-order valence-corrected chi connectivity index (χ3v) is 4.55. The fraction of sp³-hybridized carbons (Fsp3) is 0.571. The molecule has 0 aliphatic heterocycles. The van der Waals surface area contributed by atoms with E-state index in [2.05, 4.69) is 28.2 Å². The second-order valence-corrected chi connectivity index (χ2v) is 6.10. The van der Waals surface area contributed by atoms with E-state index in [1.807, 2.05) is 0 Å².